The van der Waals surface area contributed by atoms with Crippen LogP contribution in [0.25, 0.3) is 6.08 Å². The number of Topliss-reactive ketones (excluding diaryl/α,β-unsaturated/α-hetero) is 1. The lowest BCUT2D eigenvalue weighted by atomic mass is 9.43. The number of ketones is 1. The van der Waals surface area contributed by atoms with E-state index in [4.69, 9.17) is 66.3 Å². The smallest absolute Gasteiger partial charge is 0.331 e. The summed E-state index contributed by atoms with van der Waals surface area (Å²) in [7, 11) is 4.66. The zero-order valence-electron chi connectivity index (χ0n) is 51.7. The lowest BCUT2D eigenvalue weighted by Crippen LogP contribution is -2.75. The average Bonchev–Trinajstić information content (AvgIpc) is 1.30. The van der Waals surface area contributed by atoms with Crippen molar-refractivity contribution < 1.29 is 122 Å². The maximum Gasteiger partial charge on any atom is 0.331 e. The molecule has 5 heterocycles. The van der Waals surface area contributed by atoms with E-state index in [1.165, 1.54) is 20.1 Å². The van der Waals surface area contributed by atoms with Gasteiger partial charge >= 0.3 is 5.97 Å². The van der Waals surface area contributed by atoms with Gasteiger partial charge in [-0.25, -0.2) is 4.79 Å². The molecule has 5 aliphatic heterocycles. The first kappa shape index (κ1) is 67.8. The number of aliphatic hydroxyl groups excluding tert-OH is 7. The minimum atomic E-state index is -1.82. The minimum Gasteiger partial charge on any atom is -0.458 e. The molecule has 1 aromatic carbocycles. The predicted octanol–water partition coefficient (Wildman–Crippen LogP) is 1.23. The van der Waals surface area contributed by atoms with Crippen LogP contribution in [0.4, 0.5) is 0 Å². The van der Waals surface area contributed by atoms with Gasteiger partial charge in [0.25, 0.3) is 0 Å². The molecule has 0 spiro atoms. The summed E-state index contributed by atoms with van der Waals surface area (Å²) in [5.41, 5.74) is -3.20. The fraction of sp³-hybridized carbons (Fsp3) is 0.810. The summed E-state index contributed by atoms with van der Waals surface area (Å²) in [5, 5.41) is 99.4. The van der Waals surface area contributed by atoms with Crippen molar-refractivity contribution in [3.8, 4) is 0 Å². The van der Waals surface area contributed by atoms with E-state index in [1.807, 2.05) is 51.1 Å². The van der Waals surface area contributed by atoms with E-state index in [2.05, 4.69) is 13.0 Å². The molecule has 88 heavy (non-hydrogen) atoms. The second kappa shape index (κ2) is 27.5. The number of esters is 1. The van der Waals surface area contributed by atoms with Gasteiger partial charge in [0.05, 0.1) is 55.9 Å². The third-order valence-electron chi connectivity index (χ3n) is 21.4. The van der Waals surface area contributed by atoms with Crippen LogP contribution in [0.15, 0.2) is 48.1 Å². The van der Waals surface area contributed by atoms with E-state index in [0.717, 1.165) is 11.1 Å². The Labute approximate surface area is 513 Å². The molecule has 9 aliphatic rings. The molecule has 9 N–H and O–H groups in total. The average molecular weight is 1250 g/mol. The molecule has 496 valence electrons. The van der Waals surface area contributed by atoms with Gasteiger partial charge in [-0.05, 0) is 89.7 Å². The zero-order valence-corrected chi connectivity index (χ0v) is 51.7. The Morgan fingerprint density at radius 2 is 1.15 bits per heavy atom. The Bertz CT molecular complexity index is 2580. The largest absolute Gasteiger partial charge is 0.458 e. The van der Waals surface area contributed by atoms with E-state index >= 15 is 0 Å². The molecule has 30 atom stereocenters. The van der Waals surface area contributed by atoms with Crippen LogP contribution >= 0.6 is 0 Å². The molecular weight excluding hydrogens is 1160 g/mol. The predicted molar refractivity (Wildman–Crippen MR) is 305 cm³/mol. The number of carbonyl (C=O) groups is 2. The van der Waals surface area contributed by atoms with Gasteiger partial charge in [-0.15, -0.1) is 0 Å². The van der Waals surface area contributed by atoms with Gasteiger partial charge < -0.3 is 112 Å². The van der Waals surface area contributed by atoms with Crippen LogP contribution in [0.5, 0.6) is 0 Å². The van der Waals surface area contributed by atoms with Crippen molar-refractivity contribution in [1.82, 2.24) is 0 Å². The Morgan fingerprint density at radius 1 is 0.625 bits per heavy atom. The molecule has 0 bridgehead atoms. The number of hydrogen-bond donors (Lipinski definition) is 9. The molecule has 8 fully saturated rings. The SMILES string of the molecule is COC1CC(OC2CCC3(C)C(=CCC4(O)C3CC(OC(=O)C=Cc3ccccc3)C3(C)C(C(C)=O)CCC43O)C2)OC(C)C1OC1CC(OC)C(OC2CC(OC)C(OC3OC(CO)C(OC4OC(CO)C(O)C(O)C4O)C(O)C3O)C(C)O2)C(C)O1. The summed E-state index contributed by atoms with van der Waals surface area (Å²) < 4.78 is 86.9. The van der Waals surface area contributed by atoms with Crippen LogP contribution < -0.4 is 0 Å². The van der Waals surface area contributed by atoms with Crippen LogP contribution in [-0.2, 0) is 75.9 Å². The molecule has 0 aromatic heterocycles. The summed E-state index contributed by atoms with van der Waals surface area (Å²) in [6.07, 6.45) is -16.5. The van der Waals surface area contributed by atoms with E-state index in [0.29, 0.717) is 32.1 Å². The number of hydrogen-bond acceptors (Lipinski definition) is 25. The van der Waals surface area contributed by atoms with Gasteiger partial charge in [0.1, 0.15) is 90.2 Å². The summed E-state index contributed by atoms with van der Waals surface area (Å²) in [6, 6.07) is 9.40. The standard InChI is InChI=1S/C63H94O25/c1-30(66)37-19-22-63(74)61(37,6)44(84-45(67)16-15-34-13-11-10-12-14-34)27-43-60(5)20-18-36(23-35(60)17-21-62(43,63)73)81-46-24-38(75-7)54(31(2)78-46)85-47-25-39(76-8)55(32(3)79-47)86-48-26-40(77-9)56(33(4)80-48)87-59-53(72)51(70)57(42(29-65)83-59)88-58-52(71)50(69)49(68)41(28-64)82-58/h10-17,31-33,36-44,46-59,64-65,68-74H,18-29H2,1-9H3. The third kappa shape index (κ3) is 12.6. The number of fused-ring (bicyclic) bond motifs is 5. The molecule has 10 rings (SSSR count). The second-order valence-electron chi connectivity index (χ2n) is 26.2. The molecule has 0 amide bonds. The number of rotatable bonds is 19. The van der Waals surface area contributed by atoms with E-state index in [1.54, 1.807) is 27.2 Å². The molecule has 0 radical (unpaired) electrons. The highest BCUT2D eigenvalue weighted by Crippen LogP contribution is 2.70. The van der Waals surface area contributed by atoms with Crippen molar-refractivity contribution in [2.45, 2.75) is 264 Å². The Morgan fingerprint density at radius 3 is 1.69 bits per heavy atom. The Kier molecular flexibility index (Phi) is 21.2. The second-order valence-corrected chi connectivity index (χ2v) is 26.2. The van der Waals surface area contributed by atoms with E-state index in [-0.39, 0.29) is 44.0 Å². The van der Waals surface area contributed by atoms with Crippen molar-refractivity contribution in [3.05, 3.63) is 53.6 Å². The fourth-order valence-corrected chi connectivity index (χ4v) is 16.4. The first-order chi connectivity index (χ1) is 41.9. The normalized spacial score (nSPS) is 48.9. The topological polar surface area (TPSA) is 345 Å². The maximum atomic E-state index is 13.6. The van der Waals surface area contributed by atoms with Crippen molar-refractivity contribution in [2.75, 3.05) is 34.5 Å². The first-order valence-electron chi connectivity index (χ1n) is 31.2. The molecule has 5 saturated heterocycles. The van der Waals surface area contributed by atoms with Crippen molar-refractivity contribution in [3.63, 3.8) is 0 Å². The van der Waals surface area contributed by atoms with Gasteiger partial charge in [-0.3, -0.25) is 4.79 Å². The molecule has 25 heteroatoms. The highest BCUT2D eigenvalue weighted by molar-refractivity contribution is 5.87. The van der Waals surface area contributed by atoms with Crippen molar-refractivity contribution in [1.29, 1.82) is 0 Å². The number of ether oxygens (including phenoxy) is 14. The van der Waals surface area contributed by atoms with Gasteiger partial charge in [0.2, 0.25) is 0 Å². The van der Waals surface area contributed by atoms with Gasteiger partial charge in [-0.1, -0.05) is 55.8 Å². The van der Waals surface area contributed by atoms with E-state index < -0.39 is 194 Å². The number of benzene rings is 1. The van der Waals surface area contributed by atoms with Crippen molar-refractivity contribution in [2.24, 2.45) is 22.7 Å². The van der Waals surface area contributed by atoms with Crippen LogP contribution in [-0.4, -0.2) is 251 Å². The summed E-state index contributed by atoms with van der Waals surface area (Å²) in [5.74, 6) is -1.80. The minimum absolute atomic E-state index is 0.110. The van der Waals surface area contributed by atoms with Crippen molar-refractivity contribution >= 4 is 17.8 Å². The summed E-state index contributed by atoms with van der Waals surface area (Å²) >= 11 is 0. The first-order valence-corrected chi connectivity index (χ1v) is 31.2. The van der Waals surface area contributed by atoms with Gasteiger partial charge in [-0.2, -0.15) is 0 Å². The lowest BCUT2D eigenvalue weighted by Gasteiger charge is -2.66. The van der Waals surface area contributed by atoms with Crippen LogP contribution in [0.3, 0.4) is 0 Å². The highest BCUT2D eigenvalue weighted by Gasteiger charge is 2.77. The number of aliphatic hydroxyl groups is 9. The number of carbonyl (C=O) groups excluding carboxylic acids is 2. The van der Waals surface area contributed by atoms with Gasteiger partial charge in [0.15, 0.2) is 31.5 Å². The monoisotopic (exact) mass is 1250 g/mol. The zero-order chi connectivity index (χ0) is 63.4. The quantitative estimate of drug-likeness (QED) is 0.0534. The Hall–Kier alpha value is -3.04. The molecular formula is C63H94O25. The van der Waals surface area contributed by atoms with Crippen LogP contribution in [0, 0.1) is 22.7 Å². The van der Waals surface area contributed by atoms with E-state index in [9.17, 15) is 55.5 Å². The molecule has 4 aliphatic carbocycles. The lowest BCUT2D eigenvalue weighted by molar-refractivity contribution is -0.376. The summed E-state index contributed by atoms with van der Waals surface area (Å²) in [6.45, 7) is 9.45. The third-order valence-corrected chi connectivity index (χ3v) is 21.4. The molecule has 1 aromatic rings. The highest BCUT2D eigenvalue weighted by atomic mass is 16.8. The van der Waals surface area contributed by atoms with Crippen LogP contribution in [0.1, 0.15) is 111 Å². The molecule has 25 nitrogen and oxygen atoms in total. The maximum absolute atomic E-state index is 13.6. The summed E-state index contributed by atoms with van der Waals surface area (Å²) in [4.78, 5) is 26.9. The Balaban J connectivity index is 0.723. The number of methoxy groups -OCH3 is 3. The fourth-order valence-electron chi connectivity index (χ4n) is 16.4. The van der Waals surface area contributed by atoms with Crippen LogP contribution in [0.2, 0.25) is 0 Å². The molecule has 3 saturated carbocycles. The molecule has 30 unspecified atom stereocenters. The van der Waals surface area contributed by atoms with Gasteiger partial charge in [0, 0.05) is 63.9 Å².